The van der Waals surface area contributed by atoms with E-state index in [9.17, 15) is 4.79 Å². The lowest BCUT2D eigenvalue weighted by Gasteiger charge is -2.24. The van der Waals surface area contributed by atoms with Gasteiger partial charge in [0.05, 0.1) is 13.7 Å². The third kappa shape index (κ3) is 6.62. The molecule has 0 spiro atoms. The molecule has 1 aliphatic heterocycles. The molecule has 3 N–H and O–H groups in total. The molecule has 1 unspecified atom stereocenters. The highest BCUT2D eigenvalue weighted by Gasteiger charge is 2.24. The highest BCUT2D eigenvalue weighted by Crippen LogP contribution is 2.31. The number of methoxy groups -OCH3 is 1. The van der Waals surface area contributed by atoms with Gasteiger partial charge in [0.25, 0.3) is 0 Å². The minimum Gasteiger partial charge on any atom is -0.497 e. The molecule has 29 heavy (non-hydrogen) atoms. The third-order valence-corrected chi connectivity index (χ3v) is 4.79. The first-order valence-electron chi connectivity index (χ1n) is 9.73. The first-order chi connectivity index (χ1) is 13.7. The van der Waals surface area contributed by atoms with Crippen molar-refractivity contribution in [1.82, 2.24) is 10.6 Å². The molecule has 1 aliphatic rings. The average molecular weight is 508 g/mol. The summed E-state index contributed by atoms with van der Waals surface area (Å²) in [6.45, 7) is 4.18. The number of nitrogens with one attached hydrogen (secondary N) is 3. The summed E-state index contributed by atoms with van der Waals surface area (Å²) in [6, 6.07) is 16.0. The van der Waals surface area contributed by atoms with E-state index < -0.39 is 0 Å². The molecule has 1 amide bonds. The van der Waals surface area contributed by atoms with Crippen molar-refractivity contribution in [2.24, 2.45) is 4.99 Å². The predicted octanol–water partition coefficient (Wildman–Crippen LogP) is 3.54. The number of fused-ring (bicyclic) bond motifs is 1. The van der Waals surface area contributed by atoms with E-state index in [1.807, 2.05) is 37.3 Å². The summed E-state index contributed by atoms with van der Waals surface area (Å²) in [5, 5.41) is 9.60. The van der Waals surface area contributed by atoms with Gasteiger partial charge in [-0.15, -0.1) is 24.0 Å². The number of carbonyl (C=O) groups excluding carboxylic acids is 1. The molecule has 3 rings (SSSR count). The van der Waals surface area contributed by atoms with Crippen molar-refractivity contribution in [3.8, 4) is 5.75 Å². The van der Waals surface area contributed by atoms with Crippen LogP contribution in [-0.2, 0) is 11.2 Å². The van der Waals surface area contributed by atoms with E-state index in [0.717, 1.165) is 42.5 Å². The highest BCUT2D eigenvalue weighted by atomic mass is 127. The SMILES string of the molecule is CCNC(=NCC1CC(=O)Nc2ccccc21)NCCc1ccc(OC)cc1.I. The van der Waals surface area contributed by atoms with Gasteiger partial charge in [0, 0.05) is 31.1 Å². The fourth-order valence-electron chi connectivity index (χ4n) is 3.33. The minimum atomic E-state index is 0. The molecule has 6 nitrogen and oxygen atoms in total. The molecule has 1 atom stereocenters. The quantitative estimate of drug-likeness (QED) is 0.304. The number of ether oxygens (including phenoxy) is 1. The zero-order valence-electron chi connectivity index (χ0n) is 16.9. The number of hydrogen-bond acceptors (Lipinski definition) is 3. The van der Waals surface area contributed by atoms with Gasteiger partial charge in [0.2, 0.25) is 5.91 Å². The number of amides is 1. The Morgan fingerprint density at radius 3 is 2.66 bits per heavy atom. The summed E-state index contributed by atoms with van der Waals surface area (Å²) in [6.07, 6.45) is 1.36. The Labute approximate surface area is 189 Å². The number of carbonyl (C=O) groups is 1. The smallest absolute Gasteiger partial charge is 0.225 e. The van der Waals surface area contributed by atoms with Crippen LogP contribution in [0.4, 0.5) is 5.69 Å². The second kappa shape index (κ2) is 11.6. The van der Waals surface area contributed by atoms with Crippen LogP contribution in [0, 0.1) is 0 Å². The molecule has 1 heterocycles. The Morgan fingerprint density at radius 2 is 1.93 bits per heavy atom. The number of para-hydroxylation sites is 1. The van der Waals surface area contributed by atoms with Crippen LogP contribution in [0.1, 0.15) is 30.4 Å². The molecular formula is C22H29IN4O2. The monoisotopic (exact) mass is 508 g/mol. The Hall–Kier alpha value is -2.29. The molecule has 0 aromatic heterocycles. The molecule has 0 fully saturated rings. The second-order valence-corrected chi connectivity index (χ2v) is 6.78. The lowest BCUT2D eigenvalue weighted by molar-refractivity contribution is -0.116. The van der Waals surface area contributed by atoms with Crippen LogP contribution in [0.3, 0.4) is 0 Å². The number of aliphatic imine (C=N–C) groups is 1. The van der Waals surface area contributed by atoms with Crippen molar-refractivity contribution in [2.45, 2.75) is 25.7 Å². The van der Waals surface area contributed by atoms with Gasteiger partial charge in [-0.2, -0.15) is 0 Å². The van der Waals surface area contributed by atoms with Crippen LogP contribution in [0.5, 0.6) is 5.75 Å². The van der Waals surface area contributed by atoms with Crippen LogP contribution in [0.2, 0.25) is 0 Å². The number of guanidine groups is 1. The van der Waals surface area contributed by atoms with E-state index in [4.69, 9.17) is 9.73 Å². The van der Waals surface area contributed by atoms with Gasteiger partial charge in [0.1, 0.15) is 5.75 Å². The van der Waals surface area contributed by atoms with Crippen molar-refractivity contribution >= 4 is 41.5 Å². The van der Waals surface area contributed by atoms with Gasteiger partial charge in [-0.3, -0.25) is 9.79 Å². The number of hydrogen-bond donors (Lipinski definition) is 3. The standard InChI is InChI=1S/C22H28N4O2.HI/c1-3-23-22(24-13-12-16-8-10-18(28-2)11-9-16)25-15-17-14-21(27)26-20-7-5-4-6-19(17)20;/h4-11,17H,3,12-15H2,1-2H3,(H,26,27)(H2,23,24,25);1H. The summed E-state index contributed by atoms with van der Waals surface area (Å²) < 4.78 is 5.19. The van der Waals surface area contributed by atoms with E-state index in [1.165, 1.54) is 5.56 Å². The fraction of sp³-hybridized carbons (Fsp3) is 0.364. The minimum absolute atomic E-state index is 0. The molecule has 0 bridgehead atoms. The molecule has 0 aliphatic carbocycles. The van der Waals surface area contributed by atoms with Crippen LogP contribution in [0.15, 0.2) is 53.5 Å². The van der Waals surface area contributed by atoms with Crippen molar-refractivity contribution in [3.63, 3.8) is 0 Å². The summed E-state index contributed by atoms with van der Waals surface area (Å²) in [4.78, 5) is 16.7. The van der Waals surface area contributed by atoms with Gasteiger partial charge >= 0.3 is 0 Å². The maximum atomic E-state index is 12.0. The number of halogens is 1. The van der Waals surface area contributed by atoms with Crippen LogP contribution in [0.25, 0.3) is 0 Å². The maximum absolute atomic E-state index is 12.0. The first-order valence-corrected chi connectivity index (χ1v) is 9.73. The predicted molar refractivity (Wildman–Crippen MR) is 129 cm³/mol. The first kappa shape index (κ1) is 23.0. The van der Waals surface area contributed by atoms with Gasteiger partial charge in [-0.05, 0) is 42.7 Å². The molecule has 7 heteroatoms. The van der Waals surface area contributed by atoms with Gasteiger partial charge in [-0.1, -0.05) is 30.3 Å². The molecular weight excluding hydrogens is 479 g/mol. The number of rotatable bonds is 7. The molecule has 0 radical (unpaired) electrons. The summed E-state index contributed by atoms with van der Waals surface area (Å²) >= 11 is 0. The zero-order valence-corrected chi connectivity index (χ0v) is 19.2. The van der Waals surface area contributed by atoms with E-state index >= 15 is 0 Å². The topological polar surface area (TPSA) is 74.8 Å². The van der Waals surface area contributed by atoms with Crippen LogP contribution >= 0.6 is 24.0 Å². The normalized spacial score (nSPS) is 15.6. The Morgan fingerprint density at radius 1 is 1.17 bits per heavy atom. The average Bonchev–Trinajstić information content (AvgIpc) is 2.72. The summed E-state index contributed by atoms with van der Waals surface area (Å²) in [5.41, 5.74) is 3.29. The van der Waals surface area contributed by atoms with Crippen LogP contribution in [-0.4, -0.2) is 38.6 Å². The number of anilines is 1. The summed E-state index contributed by atoms with van der Waals surface area (Å²) in [7, 11) is 1.67. The maximum Gasteiger partial charge on any atom is 0.225 e. The van der Waals surface area contributed by atoms with Crippen molar-refractivity contribution < 1.29 is 9.53 Å². The Bertz CT molecular complexity index is 824. The van der Waals surface area contributed by atoms with E-state index in [0.29, 0.717) is 13.0 Å². The molecule has 0 saturated carbocycles. The fourth-order valence-corrected chi connectivity index (χ4v) is 3.33. The van der Waals surface area contributed by atoms with Gasteiger partial charge in [-0.25, -0.2) is 0 Å². The number of nitrogens with zero attached hydrogens (tertiary/aromatic N) is 1. The Balaban J connectivity index is 0.00000300. The molecule has 156 valence electrons. The highest BCUT2D eigenvalue weighted by molar-refractivity contribution is 14.0. The number of benzene rings is 2. The zero-order chi connectivity index (χ0) is 19.8. The molecule has 0 saturated heterocycles. The van der Waals surface area contributed by atoms with Crippen molar-refractivity contribution in [2.75, 3.05) is 32.1 Å². The Kier molecular flexibility index (Phi) is 9.24. The third-order valence-electron chi connectivity index (χ3n) is 4.79. The van der Waals surface area contributed by atoms with E-state index in [1.54, 1.807) is 7.11 Å². The van der Waals surface area contributed by atoms with Gasteiger partial charge < -0.3 is 20.7 Å². The second-order valence-electron chi connectivity index (χ2n) is 6.78. The van der Waals surface area contributed by atoms with Crippen LogP contribution < -0.4 is 20.7 Å². The van der Waals surface area contributed by atoms with Crippen molar-refractivity contribution in [1.29, 1.82) is 0 Å². The van der Waals surface area contributed by atoms with Crippen molar-refractivity contribution in [3.05, 3.63) is 59.7 Å². The molecule has 2 aromatic rings. The summed E-state index contributed by atoms with van der Waals surface area (Å²) in [5.74, 6) is 1.79. The largest absolute Gasteiger partial charge is 0.497 e. The van der Waals surface area contributed by atoms with Gasteiger partial charge in [0.15, 0.2) is 5.96 Å². The lowest BCUT2D eigenvalue weighted by Crippen LogP contribution is -2.38. The lowest BCUT2D eigenvalue weighted by atomic mass is 9.91. The van der Waals surface area contributed by atoms with E-state index in [-0.39, 0.29) is 35.8 Å². The van der Waals surface area contributed by atoms with E-state index in [2.05, 4.69) is 34.1 Å². The molecule has 2 aromatic carbocycles.